The van der Waals surface area contributed by atoms with E-state index >= 15 is 0 Å². The number of aromatic nitrogens is 1. The van der Waals surface area contributed by atoms with E-state index < -0.39 is 0 Å². The Labute approximate surface area is 104 Å². The zero-order valence-electron chi connectivity index (χ0n) is 9.26. The zero-order valence-corrected chi connectivity index (χ0v) is 10.1. The average Bonchev–Trinajstić information content (AvgIpc) is 2.39. The lowest BCUT2D eigenvalue weighted by atomic mass is 10.2. The van der Waals surface area contributed by atoms with Crippen LogP contribution in [0.3, 0.4) is 0 Å². The van der Waals surface area contributed by atoms with Gasteiger partial charge in [0.15, 0.2) is 0 Å². The van der Waals surface area contributed by atoms with Crippen LogP contribution in [0.25, 0.3) is 10.9 Å². The molecular formula is C13H12N2OS. The minimum absolute atomic E-state index is 0.178. The normalized spacial score (nSPS) is 10.4. The number of hydrogen-bond donors (Lipinski definition) is 1. The highest BCUT2D eigenvalue weighted by Gasteiger charge is 2.08. The van der Waals surface area contributed by atoms with Gasteiger partial charge >= 0.3 is 0 Å². The van der Waals surface area contributed by atoms with Crippen LogP contribution in [0.1, 0.15) is 12.0 Å². The molecule has 1 N–H and O–H groups in total. The molecule has 4 heteroatoms. The highest BCUT2D eigenvalue weighted by molar-refractivity contribution is 7.99. The summed E-state index contributed by atoms with van der Waals surface area (Å²) in [6.07, 6.45) is 2.34. The van der Waals surface area contributed by atoms with Gasteiger partial charge in [0.1, 0.15) is 6.07 Å². The predicted molar refractivity (Wildman–Crippen MR) is 68.9 cm³/mol. The van der Waals surface area contributed by atoms with Crippen molar-refractivity contribution in [1.82, 2.24) is 4.98 Å². The van der Waals surface area contributed by atoms with Crippen LogP contribution >= 0.6 is 11.8 Å². The van der Waals surface area contributed by atoms with Gasteiger partial charge in [-0.3, -0.25) is 4.98 Å². The average molecular weight is 244 g/mol. The summed E-state index contributed by atoms with van der Waals surface area (Å²) in [6, 6.07) is 9.96. The number of aliphatic hydroxyl groups excluding tert-OH is 1. The van der Waals surface area contributed by atoms with Gasteiger partial charge < -0.3 is 5.11 Å². The van der Waals surface area contributed by atoms with Crippen LogP contribution in [0, 0.1) is 11.3 Å². The Hall–Kier alpha value is -1.57. The Bertz CT molecular complexity index is 563. The van der Waals surface area contributed by atoms with Crippen LogP contribution in [0.15, 0.2) is 35.4 Å². The predicted octanol–water partition coefficient (Wildman–Crippen LogP) is 2.58. The molecule has 0 unspecified atom stereocenters. The van der Waals surface area contributed by atoms with Crippen LogP contribution in [0.2, 0.25) is 0 Å². The molecule has 0 atom stereocenters. The number of pyridine rings is 1. The first-order valence-corrected chi connectivity index (χ1v) is 6.37. The number of hydrogen-bond acceptors (Lipinski definition) is 4. The molecule has 86 valence electrons. The molecule has 0 aliphatic heterocycles. The number of para-hydroxylation sites is 1. The summed E-state index contributed by atoms with van der Waals surface area (Å²) in [7, 11) is 0. The summed E-state index contributed by atoms with van der Waals surface area (Å²) in [6.45, 7) is 0.178. The Balaban J connectivity index is 2.45. The van der Waals surface area contributed by atoms with E-state index in [1.165, 1.54) is 0 Å². The van der Waals surface area contributed by atoms with Gasteiger partial charge in [-0.15, -0.1) is 11.8 Å². The van der Waals surface area contributed by atoms with Crippen molar-refractivity contribution in [2.24, 2.45) is 0 Å². The van der Waals surface area contributed by atoms with E-state index in [0.29, 0.717) is 5.56 Å². The molecule has 0 saturated carbocycles. The molecule has 0 aliphatic carbocycles. The summed E-state index contributed by atoms with van der Waals surface area (Å²) in [4.78, 5) is 5.22. The summed E-state index contributed by atoms with van der Waals surface area (Å²) in [5, 5.41) is 18.9. The lowest BCUT2D eigenvalue weighted by molar-refractivity contribution is 0.296. The van der Waals surface area contributed by atoms with E-state index in [1.54, 1.807) is 18.0 Å². The SMILES string of the molecule is N#Cc1cnc2ccccc2c1SCCCO. The van der Waals surface area contributed by atoms with Crippen molar-refractivity contribution in [3.8, 4) is 6.07 Å². The molecule has 0 radical (unpaired) electrons. The van der Waals surface area contributed by atoms with Crippen LogP contribution in [-0.2, 0) is 0 Å². The zero-order chi connectivity index (χ0) is 12.1. The van der Waals surface area contributed by atoms with Crippen molar-refractivity contribution >= 4 is 22.7 Å². The van der Waals surface area contributed by atoms with Gasteiger partial charge in [-0.2, -0.15) is 5.26 Å². The highest BCUT2D eigenvalue weighted by Crippen LogP contribution is 2.30. The highest BCUT2D eigenvalue weighted by atomic mass is 32.2. The second kappa shape index (κ2) is 5.67. The number of nitrogens with zero attached hydrogens (tertiary/aromatic N) is 2. The van der Waals surface area contributed by atoms with Gasteiger partial charge in [0.05, 0.1) is 11.1 Å². The monoisotopic (exact) mass is 244 g/mol. The van der Waals surface area contributed by atoms with Crippen LogP contribution in [0.4, 0.5) is 0 Å². The molecule has 0 bridgehead atoms. The van der Waals surface area contributed by atoms with Gasteiger partial charge in [-0.25, -0.2) is 0 Å². The largest absolute Gasteiger partial charge is 0.396 e. The first-order valence-electron chi connectivity index (χ1n) is 5.38. The standard InChI is InChI=1S/C13H12N2OS/c14-8-10-9-15-12-5-2-1-4-11(12)13(10)17-7-3-6-16/h1-2,4-5,9,16H,3,6-7H2. The van der Waals surface area contributed by atoms with Crippen molar-refractivity contribution in [3.63, 3.8) is 0 Å². The van der Waals surface area contributed by atoms with E-state index in [0.717, 1.165) is 28.0 Å². The first kappa shape index (κ1) is 11.9. The van der Waals surface area contributed by atoms with Crippen molar-refractivity contribution in [3.05, 3.63) is 36.0 Å². The summed E-state index contributed by atoms with van der Waals surface area (Å²) < 4.78 is 0. The Kier molecular flexibility index (Phi) is 3.97. The number of aliphatic hydroxyl groups is 1. The van der Waals surface area contributed by atoms with Gasteiger partial charge in [0.25, 0.3) is 0 Å². The minimum atomic E-state index is 0.178. The van der Waals surface area contributed by atoms with Crippen molar-refractivity contribution in [2.75, 3.05) is 12.4 Å². The van der Waals surface area contributed by atoms with E-state index in [1.807, 2.05) is 24.3 Å². The lowest BCUT2D eigenvalue weighted by Crippen LogP contribution is -1.91. The van der Waals surface area contributed by atoms with Gasteiger partial charge in [-0.05, 0) is 12.5 Å². The van der Waals surface area contributed by atoms with Crippen molar-refractivity contribution < 1.29 is 5.11 Å². The van der Waals surface area contributed by atoms with E-state index in [-0.39, 0.29) is 6.61 Å². The molecule has 1 aromatic heterocycles. The third-order valence-electron chi connectivity index (χ3n) is 2.40. The fraction of sp³-hybridized carbons (Fsp3) is 0.231. The fourth-order valence-electron chi connectivity index (χ4n) is 1.59. The van der Waals surface area contributed by atoms with Crippen molar-refractivity contribution in [1.29, 1.82) is 5.26 Å². The number of thioether (sulfide) groups is 1. The van der Waals surface area contributed by atoms with Crippen molar-refractivity contribution in [2.45, 2.75) is 11.3 Å². The topological polar surface area (TPSA) is 56.9 Å². The fourth-order valence-corrected chi connectivity index (χ4v) is 2.65. The number of benzene rings is 1. The van der Waals surface area contributed by atoms with E-state index in [9.17, 15) is 0 Å². The second-order valence-electron chi connectivity index (χ2n) is 3.56. The minimum Gasteiger partial charge on any atom is -0.396 e. The quantitative estimate of drug-likeness (QED) is 0.663. The van der Waals surface area contributed by atoms with Gasteiger partial charge in [0, 0.05) is 28.8 Å². The third-order valence-corrected chi connectivity index (χ3v) is 3.62. The van der Waals surface area contributed by atoms with E-state index in [4.69, 9.17) is 10.4 Å². The molecule has 2 aromatic rings. The Morgan fingerprint density at radius 3 is 2.94 bits per heavy atom. The molecule has 3 nitrogen and oxygen atoms in total. The molecule has 0 fully saturated rings. The maximum Gasteiger partial charge on any atom is 0.102 e. The van der Waals surface area contributed by atoms with Crippen LogP contribution in [0.5, 0.6) is 0 Å². The van der Waals surface area contributed by atoms with Gasteiger partial charge in [-0.1, -0.05) is 18.2 Å². The molecule has 0 saturated heterocycles. The molecule has 0 spiro atoms. The second-order valence-corrected chi connectivity index (χ2v) is 4.66. The number of rotatable bonds is 4. The lowest BCUT2D eigenvalue weighted by Gasteiger charge is -2.07. The summed E-state index contributed by atoms with van der Waals surface area (Å²) in [5.41, 5.74) is 1.50. The number of fused-ring (bicyclic) bond motifs is 1. The van der Waals surface area contributed by atoms with Crippen LogP contribution in [-0.4, -0.2) is 22.5 Å². The molecule has 0 aliphatic rings. The smallest absolute Gasteiger partial charge is 0.102 e. The maximum atomic E-state index is 9.08. The maximum absolute atomic E-state index is 9.08. The Morgan fingerprint density at radius 2 is 2.18 bits per heavy atom. The molecule has 17 heavy (non-hydrogen) atoms. The molecule has 0 amide bonds. The third kappa shape index (κ3) is 2.57. The number of nitriles is 1. The van der Waals surface area contributed by atoms with E-state index in [2.05, 4.69) is 11.1 Å². The van der Waals surface area contributed by atoms with Gasteiger partial charge in [0.2, 0.25) is 0 Å². The Morgan fingerprint density at radius 1 is 1.35 bits per heavy atom. The molecule has 1 aromatic carbocycles. The molecule has 1 heterocycles. The summed E-state index contributed by atoms with van der Waals surface area (Å²) in [5.74, 6) is 0.805. The first-order chi connectivity index (χ1) is 8.36. The molecule has 2 rings (SSSR count). The summed E-state index contributed by atoms with van der Waals surface area (Å²) >= 11 is 1.60. The van der Waals surface area contributed by atoms with Crippen LogP contribution < -0.4 is 0 Å². The molecular weight excluding hydrogens is 232 g/mol.